The standard InChI is InChI=1S/C3H6O2.2C2HF3O2/c1-2-3(4)5;2*3-2(4,5)1(6)7/h2H2,1H3,(H,4,5);2*(H,6,7). The molecule has 0 unspecified atom stereocenters. The fourth-order valence-corrected chi connectivity index (χ4v) is 0. The van der Waals surface area contributed by atoms with Crippen LogP contribution in [0.1, 0.15) is 13.3 Å². The van der Waals surface area contributed by atoms with E-state index in [9.17, 15) is 31.1 Å². The highest BCUT2D eigenvalue weighted by Crippen LogP contribution is 2.13. The van der Waals surface area contributed by atoms with Crippen molar-refractivity contribution in [2.75, 3.05) is 0 Å². The number of hydrogen-bond acceptors (Lipinski definition) is 3. The number of aliphatic carboxylic acids is 3. The number of hydrogen-bond donors (Lipinski definition) is 3. The summed E-state index contributed by atoms with van der Waals surface area (Å²) in [7, 11) is 0. The smallest absolute Gasteiger partial charge is 0.481 e. The molecule has 0 aliphatic heterocycles. The SMILES string of the molecule is CCC(=O)O.O=C(O)C(F)(F)F.O=C(O)C(F)(F)F. The number of carboxylic acid groups (broad SMARTS) is 3. The second kappa shape index (κ2) is 8.99. The molecule has 6 nitrogen and oxygen atoms in total. The van der Waals surface area contributed by atoms with E-state index in [0.29, 0.717) is 0 Å². The number of carbonyl (C=O) groups is 3. The molecule has 0 rings (SSSR count). The first-order chi connectivity index (χ1) is 8.16. The van der Waals surface area contributed by atoms with Crippen LogP contribution in [0.2, 0.25) is 0 Å². The van der Waals surface area contributed by atoms with Gasteiger partial charge < -0.3 is 15.3 Å². The molecule has 0 heterocycles. The Bertz CT molecular complexity index is 282. The Labute approximate surface area is 101 Å². The number of carboxylic acids is 3. The summed E-state index contributed by atoms with van der Waals surface area (Å²) in [5.41, 5.74) is 0. The summed E-state index contributed by atoms with van der Waals surface area (Å²) >= 11 is 0. The fraction of sp³-hybridized carbons (Fsp3) is 0.571. The molecule has 3 N–H and O–H groups in total. The lowest BCUT2D eigenvalue weighted by atomic mass is 10.5. The van der Waals surface area contributed by atoms with Crippen LogP contribution in [0.15, 0.2) is 0 Å². The summed E-state index contributed by atoms with van der Waals surface area (Å²) in [6.45, 7) is 1.60. The Balaban J connectivity index is -0.000000206. The molecule has 0 fully saturated rings. The zero-order valence-electron chi connectivity index (χ0n) is 9.04. The number of halogens is 6. The van der Waals surface area contributed by atoms with Crippen molar-refractivity contribution in [3.63, 3.8) is 0 Å². The lowest BCUT2D eigenvalue weighted by Crippen LogP contribution is -2.21. The van der Waals surface area contributed by atoms with E-state index >= 15 is 0 Å². The Kier molecular flexibility index (Phi) is 10.5. The molecule has 0 saturated carbocycles. The van der Waals surface area contributed by atoms with Crippen molar-refractivity contribution in [1.29, 1.82) is 0 Å². The lowest BCUT2D eigenvalue weighted by molar-refractivity contribution is -0.193. The van der Waals surface area contributed by atoms with Crippen LogP contribution in [-0.2, 0) is 14.4 Å². The van der Waals surface area contributed by atoms with E-state index in [1.807, 2.05) is 0 Å². The largest absolute Gasteiger partial charge is 0.490 e. The molecule has 0 aliphatic carbocycles. The molecule has 0 aromatic rings. The highest BCUT2D eigenvalue weighted by atomic mass is 19.4. The molecule has 114 valence electrons. The van der Waals surface area contributed by atoms with Crippen LogP contribution >= 0.6 is 0 Å². The van der Waals surface area contributed by atoms with Gasteiger partial charge in [-0.3, -0.25) is 4.79 Å². The van der Waals surface area contributed by atoms with Crippen molar-refractivity contribution in [1.82, 2.24) is 0 Å². The first-order valence-electron chi connectivity index (χ1n) is 3.98. The van der Waals surface area contributed by atoms with Crippen LogP contribution in [0.3, 0.4) is 0 Å². The van der Waals surface area contributed by atoms with Gasteiger partial charge in [-0.25, -0.2) is 9.59 Å². The normalized spacial score (nSPS) is 10.3. The van der Waals surface area contributed by atoms with E-state index in [1.165, 1.54) is 0 Å². The highest BCUT2D eigenvalue weighted by molar-refractivity contribution is 5.73. The summed E-state index contributed by atoms with van der Waals surface area (Å²) in [5, 5.41) is 22.0. The first kappa shape index (κ1) is 22.2. The first-order valence-corrected chi connectivity index (χ1v) is 3.98. The van der Waals surface area contributed by atoms with Gasteiger partial charge >= 0.3 is 30.3 Å². The molecule has 0 saturated heterocycles. The van der Waals surface area contributed by atoms with E-state index in [4.69, 9.17) is 24.9 Å². The van der Waals surface area contributed by atoms with E-state index in [0.717, 1.165) is 0 Å². The van der Waals surface area contributed by atoms with Gasteiger partial charge in [0.1, 0.15) is 0 Å². The summed E-state index contributed by atoms with van der Waals surface area (Å²) < 4.78 is 63.5. The van der Waals surface area contributed by atoms with E-state index in [2.05, 4.69) is 0 Å². The summed E-state index contributed by atoms with van der Waals surface area (Å²) in [6.07, 6.45) is -9.94. The summed E-state index contributed by atoms with van der Waals surface area (Å²) in [4.78, 5) is 27.2. The third-order valence-electron chi connectivity index (χ3n) is 0.787. The molecular formula is C7H8F6O6. The Hall–Kier alpha value is -2.01. The average molecular weight is 302 g/mol. The second-order valence-electron chi connectivity index (χ2n) is 2.35. The van der Waals surface area contributed by atoms with Gasteiger partial charge in [-0.15, -0.1) is 0 Å². The highest BCUT2D eigenvalue weighted by Gasteiger charge is 2.38. The van der Waals surface area contributed by atoms with Crippen molar-refractivity contribution in [3.05, 3.63) is 0 Å². The van der Waals surface area contributed by atoms with E-state index in [-0.39, 0.29) is 6.42 Å². The fourth-order valence-electron chi connectivity index (χ4n) is 0. The minimum Gasteiger partial charge on any atom is -0.481 e. The van der Waals surface area contributed by atoms with Crippen molar-refractivity contribution in [3.8, 4) is 0 Å². The van der Waals surface area contributed by atoms with Crippen molar-refractivity contribution in [2.45, 2.75) is 25.7 Å². The number of alkyl halides is 6. The maximum absolute atomic E-state index is 10.6. The van der Waals surface area contributed by atoms with Gasteiger partial charge in [0.15, 0.2) is 0 Å². The Morgan fingerprint density at radius 1 is 0.789 bits per heavy atom. The summed E-state index contributed by atoms with van der Waals surface area (Å²) in [6, 6.07) is 0. The second-order valence-corrected chi connectivity index (χ2v) is 2.35. The van der Waals surface area contributed by atoms with Gasteiger partial charge in [0.2, 0.25) is 0 Å². The zero-order valence-corrected chi connectivity index (χ0v) is 9.04. The quantitative estimate of drug-likeness (QED) is 0.636. The maximum Gasteiger partial charge on any atom is 0.490 e. The zero-order chi connectivity index (χ0) is 16.4. The predicted molar refractivity (Wildman–Crippen MR) is 45.3 cm³/mol. The molecule has 0 radical (unpaired) electrons. The van der Waals surface area contributed by atoms with Gasteiger partial charge in [0.05, 0.1) is 0 Å². The van der Waals surface area contributed by atoms with Gasteiger partial charge in [-0.05, 0) is 0 Å². The maximum atomic E-state index is 10.6. The van der Waals surface area contributed by atoms with Crippen LogP contribution in [0, 0.1) is 0 Å². The molecule has 0 aromatic carbocycles. The monoisotopic (exact) mass is 302 g/mol. The van der Waals surface area contributed by atoms with Crippen molar-refractivity contribution in [2.24, 2.45) is 0 Å². The third kappa shape index (κ3) is 21.8. The molecule has 0 amide bonds. The van der Waals surface area contributed by atoms with Gasteiger partial charge in [-0.1, -0.05) is 6.92 Å². The lowest BCUT2D eigenvalue weighted by Gasteiger charge is -1.93. The van der Waals surface area contributed by atoms with Crippen molar-refractivity contribution < 1.29 is 56.0 Å². The molecule has 0 aliphatic rings. The molecule has 0 atom stereocenters. The van der Waals surface area contributed by atoms with Crippen LogP contribution in [0.4, 0.5) is 26.3 Å². The minimum atomic E-state index is -5.08. The van der Waals surface area contributed by atoms with Crippen LogP contribution in [0.5, 0.6) is 0 Å². The van der Waals surface area contributed by atoms with Gasteiger partial charge in [0.25, 0.3) is 0 Å². The van der Waals surface area contributed by atoms with E-state index in [1.54, 1.807) is 6.92 Å². The Morgan fingerprint density at radius 2 is 0.895 bits per heavy atom. The summed E-state index contributed by atoms with van der Waals surface area (Å²) in [5.74, 6) is -6.26. The van der Waals surface area contributed by atoms with Gasteiger partial charge in [0, 0.05) is 6.42 Å². The van der Waals surface area contributed by atoms with Gasteiger partial charge in [-0.2, -0.15) is 26.3 Å². The minimum absolute atomic E-state index is 0.222. The van der Waals surface area contributed by atoms with Crippen LogP contribution < -0.4 is 0 Å². The predicted octanol–water partition coefficient (Wildman–Crippen LogP) is 1.75. The van der Waals surface area contributed by atoms with Crippen molar-refractivity contribution >= 4 is 17.9 Å². The van der Waals surface area contributed by atoms with Crippen LogP contribution in [0.25, 0.3) is 0 Å². The molecule has 12 heteroatoms. The van der Waals surface area contributed by atoms with Crippen LogP contribution in [-0.4, -0.2) is 45.6 Å². The molecule has 0 aromatic heterocycles. The topological polar surface area (TPSA) is 112 Å². The molecule has 0 spiro atoms. The van der Waals surface area contributed by atoms with E-state index < -0.39 is 30.3 Å². The molecular weight excluding hydrogens is 294 g/mol. The Morgan fingerprint density at radius 3 is 0.895 bits per heavy atom. The molecule has 0 bridgehead atoms. The third-order valence-corrected chi connectivity index (χ3v) is 0.787. The average Bonchev–Trinajstić information content (AvgIpc) is 2.16. The molecule has 19 heavy (non-hydrogen) atoms. The number of rotatable bonds is 1.